The van der Waals surface area contributed by atoms with Crippen LogP contribution in [0.4, 0.5) is 5.69 Å². The summed E-state index contributed by atoms with van der Waals surface area (Å²) in [6.45, 7) is 6.03. The summed E-state index contributed by atoms with van der Waals surface area (Å²) >= 11 is 6.26. The average Bonchev–Trinajstić information content (AvgIpc) is 2.72. The number of halogens is 1. The Balaban J connectivity index is 2.26. The number of nitrogen functional groups attached to an aromatic ring is 1. The maximum absolute atomic E-state index is 9.32. The Kier molecular flexibility index (Phi) is 3.30. The van der Waals surface area contributed by atoms with Gasteiger partial charge in [-0.25, -0.2) is 0 Å². The largest absolute Gasteiger partial charge is 0.487 e. The van der Waals surface area contributed by atoms with Crippen molar-refractivity contribution in [3.8, 4) is 22.9 Å². The summed E-state index contributed by atoms with van der Waals surface area (Å²) in [5.74, 6) is 0.822. The van der Waals surface area contributed by atoms with Crippen molar-refractivity contribution < 1.29 is 4.74 Å². The van der Waals surface area contributed by atoms with Gasteiger partial charge in [-0.1, -0.05) is 17.7 Å². The molecule has 0 atom stereocenters. The van der Waals surface area contributed by atoms with Crippen molar-refractivity contribution in [2.45, 2.75) is 32.8 Å². The molecule has 0 aromatic heterocycles. The predicted octanol–water partition coefficient (Wildman–Crippen LogP) is 4.48. The molecule has 22 heavy (non-hydrogen) atoms. The number of rotatable bonds is 1. The van der Waals surface area contributed by atoms with Gasteiger partial charge < -0.3 is 10.5 Å². The molecule has 4 heteroatoms. The molecule has 0 saturated heterocycles. The van der Waals surface area contributed by atoms with Crippen LogP contribution in [0.2, 0.25) is 5.02 Å². The van der Waals surface area contributed by atoms with E-state index in [2.05, 4.69) is 19.9 Å². The van der Waals surface area contributed by atoms with Gasteiger partial charge in [0.25, 0.3) is 0 Å². The average molecular weight is 313 g/mol. The van der Waals surface area contributed by atoms with Crippen LogP contribution in [0.5, 0.6) is 5.75 Å². The summed E-state index contributed by atoms with van der Waals surface area (Å²) in [6, 6.07) is 9.69. The zero-order chi connectivity index (χ0) is 16.1. The maximum atomic E-state index is 9.32. The Morgan fingerprint density at radius 1 is 1.27 bits per heavy atom. The molecule has 0 aliphatic carbocycles. The van der Waals surface area contributed by atoms with Crippen LogP contribution in [0, 0.1) is 18.3 Å². The standard InChI is InChI=1S/C18H17ClN2O/c1-10-12(4-5-16(21)15(10)9-20)13-6-11(19)7-17-14(13)8-18(2,3)22-17/h4-7H,8,21H2,1-3H3. The first-order valence-corrected chi connectivity index (χ1v) is 7.51. The van der Waals surface area contributed by atoms with E-state index in [0.717, 1.165) is 34.4 Å². The SMILES string of the molecule is Cc1c(-c2cc(Cl)cc3c2CC(C)(C)O3)ccc(N)c1C#N. The van der Waals surface area contributed by atoms with E-state index in [9.17, 15) is 5.26 Å². The molecule has 0 spiro atoms. The van der Waals surface area contributed by atoms with Crippen LogP contribution in [-0.4, -0.2) is 5.60 Å². The molecule has 0 radical (unpaired) electrons. The lowest BCUT2D eigenvalue weighted by atomic mass is 9.89. The number of fused-ring (bicyclic) bond motifs is 1. The lowest BCUT2D eigenvalue weighted by molar-refractivity contribution is 0.138. The Morgan fingerprint density at radius 3 is 2.68 bits per heavy atom. The molecule has 0 fully saturated rings. The van der Waals surface area contributed by atoms with Gasteiger partial charge in [0.2, 0.25) is 0 Å². The number of nitriles is 1. The molecule has 1 heterocycles. The van der Waals surface area contributed by atoms with Gasteiger partial charge in [0.15, 0.2) is 0 Å². The van der Waals surface area contributed by atoms with Crippen molar-refractivity contribution in [2.75, 3.05) is 5.73 Å². The van der Waals surface area contributed by atoms with E-state index in [1.807, 2.05) is 25.1 Å². The van der Waals surface area contributed by atoms with Gasteiger partial charge in [-0.05, 0) is 55.7 Å². The molecule has 0 amide bonds. The molecule has 3 nitrogen and oxygen atoms in total. The first-order valence-electron chi connectivity index (χ1n) is 7.13. The molecule has 1 aliphatic rings. The van der Waals surface area contributed by atoms with Gasteiger partial charge in [-0.2, -0.15) is 5.26 Å². The van der Waals surface area contributed by atoms with Crippen LogP contribution in [-0.2, 0) is 6.42 Å². The van der Waals surface area contributed by atoms with E-state index in [0.29, 0.717) is 16.3 Å². The number of nitrogens with zero attached hydrogens (tertiary/aromatic N) is 1. The van der Waals surface area contributed by atoms with Gasteiger partial charge in [0, 0.05) is 22.7 Å². The molecule has 2 N–H and O–H groups in total. The van der Waals surface area contributed by atoms with E-state index >= 15 is 0 Å². The van der Waals surface area contributed by atoms with Crippen molar-refractivity contribution in [1.29, 1.82) is 5.26 Å². The summed E-state index contributed by atoms with van der Waals surface area (Å²) in [5, 5.41) is 9.95. The van der Waals surface area contributed by atoms with Gasteiger partial charge >= 0.3 is 0 Å². The van der Waals surface area contributed by atoms with Crippen molar-refractivity contribution >= 4 is 17.3 Å². The zero-order valence-electron chi connectivity index (χ0n) is 12.8. The van der Waals surface area contributed by atoms with Crippen LogP contribution in [0.1, 0.15) is 30.5 Å². The third-order valence-corrected chi connectivity index (χ3v) is 4.28. The summed E-state index contributed by atoms with van der Waals surface area (Å²) in [5.41, 5.74) is 10.7. The van der Waals surface area contributed by atoms with E-state index in [-0.39, 0.29) is 5.60 Å². The minimum absolute atomic E-state index is 0.248. The van der Waals surface area contributed by atoms with Crippen LogP contribution in [0.3, 0.4) is 0 Å². The van der Waals surface area contributed by atoms with Crippen molar-refractivity contribution in [2.24, 2.45) is 0 Å². The Bertz CT molecular complexity index is 819. The fourth-order valence-corrected chi connectivity index (χ4v) is 3.27. The minimum atomic E-state index is -0.248. The molecule has 3 rings (SSSR count). The summed E-state index contributed by atoms with van der Waals surface area (Å²) in [6.07, 6.45) is 0.806. The predicted molar refractivity (Wildman–Crippen MR) is 89.2 cm³/mol. The summed E-state index contributed by atoms with van der Waals surface area (Å²) in [4.78, 5) is 0. The highest BCUT2D eigenvalue weighted by atomic mass is 35.5. The Labute approximate surface area is 135 Å². The van der Waals surface area contributed by atoms with Gasteiger partial charge in [0.05, 0.1) is 5.56 Å². The molecular formula is C18H17ClN2O. The second-order valence-corrected chi connectivity index (χ2v) is 6.72. The highest BCUT2D eigenvalue weighted by molar-refractivity contribution is 6.31. The zero-order valence-corrected chi connectivity index (χ0v) is 13.6. The fourth-order valence-electron chi connectivity index (χ4n) is 3.06. The monoisotopic (exact) mass is 312 g/mol. The van der Waals surface area contributed by atoms with E-state index in [1.54, 1.807) is 6.07 Å². The smallest absolute Gasteiger partial charge is 0.125 e. The molecule has 1 aliphatic heterocycles. The molecule has 0 unspecified atom stereocenters. The summed E-state index contributed by atoms with van der Waals surface area (Å²) < 4.78 is 5.98. The molecule has 2 aromatic rings. The first-order chi connectivity index (χ1) is 10.3. The van der Waals surface area contributed by atoms with E-state index in [4.69, 9.17) is 22.1 Å². The van der Waals surface area contributed by atoms with Crippen LogP contribution < -0.4 is 10.5 Å². The molecular weight excluding hydrogens is 296 g/mol. The quantitative estimate of drug-likeness (QED) is 0.790. The maximum Gasteiger partial charge on any atom is 0.125 e. The number of hydrogen-bond donors (Lipinski definition) is 1. The van der Waals surface area contributed by atoms with Gasteiger partial charge in [-0.3, -0.25) is 0 Å². The van der Waals surface area contributed by atoms with Crippen LogP contribution in [0.15, 0.2) is 24.3 Å². The first kappa shape index (κ1) is 14.7. The van der Waals surface area contributed by atoms with E-state index < -0.39 is 0 Å². The minimum Gasteiger partial charge on any atom is -0.487 e. The molecule has 2 aromatic carbocycles. The van der Waals surface area contributed by atoms with Crippen molar-refractivity contribution in [1.82, 2.24) is 0 Å². The highest BCUT2D eigenvalue weighted by Gasteiger charge is 2.33. The van der Waals surface area contributed by atoms with Crippen LogP contribution in [0.25, 0.3) is 11.1 Å². The van der Waals surface area contributed by atoms with Gasteiger partial charge in [-0.15, -0.1) is 0 Å². The number of nitrogens with two attached hydrogens (primary N) is 1. The van der Waals surface area contributed by atoms with Crippen molar-refractivity contribution in [3.05, 3.63) is 46.0 Å². The van der Waals surface area contributed by atoms with E-state index in [1.165, 1.54) is 0 Å². The third kappa shape index (κ3) is 2.30. The normalized spacial score (nSPS) is 15.0. The van der Waals surface area contributed by atoms with Gasteiger partial charge in [0.1, 0.15) is 17.4 Å². The lowest BCUT2D eigenvalue weighted by Crippen LogP contribution is -2.24. The second kappa shape index (κ2) is 4.93. The lowest BCUT2D eigenvalue weighted by Gasteiger charge is -2.16. The van der Waals surface area contributed by atoms with Crippen molar-refractivity contribution in [3.63, 3.8) is 0 Å². The number of ether oxygens (including phenoxy) is 1. The molecule has 0 saturated carbocycles. The number of benzene rings is 2. The number of anilines is 1. The Morgan fingerprint density at radius 2 is 2.00 bits per heavy atom. The molecule has 112 valence electrons. The summed E-state index contributed by atoms with van der Waals surface area (Å²) in [7, 11) is 0. The second-order valence-electron chi connectivity index (χ2n) is 6.28. The van der Waals surface area contributed by atoms with Crippen LogP contribution >= 0.6 is 11.6 Å². The number of hydrogen-bond acceptors (Lipinski definition) is 3. The topological polar surface area (TPSA) is 59.0 Å². The fraction of sp³-hybridized carbons (Fsp3) is 0.278. The third-order valence-electron chi connectivity index (χ3n) is 4.06. The highest BCUT2D eigenvalue weighted by Crippen LogP contribution is 2.44. The Hall–Kier alpha value is -2.18. The molecule has 0 bridgehead atoms.